The molecule has 0 amide bonds. The molecule has 0 aliphatic carbocycles. The number of carbonyl (C=O) groups excluding carboxylic acids is 1. The molecule has 0 unspecified atom stereocenters. The monoisotopic (exact) mass is 299 g/mol. The predicted molar refractivity (Wildman–Crippen MR) is 85.9 cm³/mol. The number of aromatic hydroxyl groups is 1. The third-order valence-corrected chi connectivity index (χ3v) is 3.36. The summed E-state index contributed by atoms with van der Waals surface area (Å²) in [6, 6.07) is 14.7. The van der Waals surface area contributed by atoms with Gasteiger partial charge in [-0.15, -0.1) is 0 Å². The summed E-state index contributed by atoms with van der Waals surface area (Å²) in [5.74, 6) is 0.0460. The van der Waals surface area contributed by atoms with Crippen molar-refractivity contribution < 1.29 is 14.6 Å². The van der Waals surface area contributed by atoms with E-state index in [1.54, 1.807) is 25.1 Å². The third kappa shape index (κ3) is 4.60. The lowest BCUT2D eigenvalue weighted by atomic mass is 10.1. The topological polar surface area (TPSA) is 58.6 Å². The lowest BCUT2D eigenvalue weighted by Gasteiger charge is -2.07. The third-order valence-electron chi connectivity index (χ3n) is 3.36. The van der Waals surface area contributed by atoms with Gasteiger partial charge in [-0.3, -0.25) is 0 Å². The fourth-order valence-electron chi connectivity index (χ4n) is 2.15. The number of phenols is 1. The Morgan fingerprint density at radius 1 is 1.14 bits per heavy atom. The van der Waals surface area contributed by atoms with Gasteiger partial charge in [-0.2, -0.15) is 0 Å². The molecule has 2 rings (SSSR count). The highest BCUT2D eigenvalue weighted by Gasteiger charge is 2.05. The molecule has 0 aliphatic rings. The average molecular weight is 299 g/mol. The highest BCUT2D eigenvalue weighted by Crippen LogP contribution is 2.15. The zero-order chi connectivity index (χ0) is 15.8. The van der Waals surface area contributed by atoms with Gasteiger partial charge in [0.1, 0.15) is 5.75 Å². The van der Waals surface area contributed by atoms with Crippen molar-refractivity contribution >= 4 is 5.97 Å². The standard InChI is InChI=1S/C18H21NO3/c1-2-22-18(21)16-9-7-14(8-10-16)13-19-12-11-15-5-3-4-6-17(15)20/h3-10,19-20H,2,11-13H2,1H3. The van der Waals surface area contributed by atoms with Crippen molar-refractivity contribution in [1.29, 1.82) is 0 Å². The van der Waals surface area contributed by atoms with E-state index < -0.39 is 0 Å². The number of rotatable bonds is 7. The maximum atomic E-state index is 11.5. The summed E-state index contributed by atoms with van der Waals surface area (Å²) < 4.78 is 4.95. The van der Waals surface area contributed by atoms with E-state index in [1.165, 1.54) is 0 Å². The number of esters is 1. The van der Waals surface area contributed by atoms with Crippen LogP contribution in [0.15, 0.2) is 48.5 Å². The van der Waals surface area contributed by atoms with E-state index in [2.05, 4.69) is 5.32 Å². The van der Waals surface area contributed by atoms with Gasteiger partial charge in [0.15, 0.2) is 0 Å². The normalized spacial score (nSPS) is 10.4. The molecular weight excluding hydrogens is 278 g/mol. The Kier molecular flexibility index (Phi) is 5.98. The molecule has 4 nitrogen and oxygen atoms in total. The maximum absolute atomic E-state index is 11.5. The first-order valence-electron chi connectivity index (χ1n) is 7.44. The molecule has 2 aromatic rings. The Morgan fingerprint density at radius 2 is 1.86 bits per heavy atom. The van der Waals surface area contributed by atoms with E-state index in [9.17, 15) is 9.90 Å². The number of nitrogens with one attached hydrogen (secondary N) is 1. The van der Waals surface area contributed by atoms with Crippen LogP contribution < -0.4 is 5.32 Å². The second kappa shape index (κ2) is 8.20. The van der Waals surface area contributed by atoms with Crippen molar-refractivity contribution in [2.24, 2.45) is 0 Å². The van der Waals surface area contributed by atoms with Gasteiger partial charge in [-0.05, 0) is 49.2 Å². The summed E-state index contributed by atoms with van der Waals surface area (Å²) in [5, 5.41) is 13.0. The van der Waals surface area contributed by atoms with Gasteiger partial charge < -0.3 is 15.2 Å². The van der Waals surface area contributed by atoms with Crippen LogP contribution in [0.4, 0.5) is 0 Å². The number of phenolic OH excluding ortho intramolecular Hbond substituents is 1. The number of hydrogen-bond donors (Lipinski definition) is 2. The molecule has 0 heterocycles. The quantitative estimate of drug-likeness (QED) is 0.609. The van der Waals surface area contributed by atoms with Gasteiger partial charge in [0, 0.05) is 6.54 Å². The summed E-state index contributed by atoms with van der Waals surface area (Å²) in [6.45, 7) is 3.67. The van der Waals surface area contributed by atoms with Crippen molar-refractivity contribution in [3.63, 3.8) is 0 Å². The van der Waals surface area contributed by atoms with Crippen LogP contribution >= 0.6 is 0 Å². The van der Waals surface area contributed by atoms with Crippen LogP contribution in [-0.2, 0) is 17.7 Å². The van der Waals surface area contributed by atoms with E-state index in [0.29, 0.717) is 17.9 Å². The molecule has 0 saturated carbocycles. The second-order valence-corrected chi connectivity index (χ2v) is 4.97. The van der Waals surface area contributed by atoms with Gasteiger partial charge in [0.25, 0.3) is 0 Å². The van der Waals surface area contributed by atoms with Crippen molar-refractivity contribution in [3.8, 4) is 5.75 Å². The first-order chi connectivity index (χ1) is 10.7. The molecule has 0 bridgehead atoms. The highest BCUT2D eigenvalue weighted by atomic mass is 16.5. The molecule has 0 atom stereocenters. The highest BCUT2D eigenvalue weighted by molar-refractivity contribution is 5.89. The Hall–Kier alpha value is -2.33. The fourth-order valence-corrected chi connectivity index (χ4v) is 2.15. The summed E-state index contributed by atoms with van der Waals surface area (Å²) in [7, 11) is 0. The summed E-state index contributed by atoms with van der Waals surface area (Å²) in [6.07, 6.45) is 0.771. The van der Waals surface area contributed by atoms with Gasteiger partial charge in [-0.25, -0.2) is 4.79 Å². The predicted octanol–water partition coefficient (Wildman–Crippen LogP) is 2.90. The first kappa shape index (κ1) is 16.0. The molecule has 0 spiro atoms. The number of benzene rings is 2. The molecule has 2 aromatic carbocycles. The van der Waals surface area contributed by atoms with E-state index in [-0.39, 0.29) is 5.97 Å². The maximum Gasteiger partial charge on any atom is 0.338 e. The minimum Gasteiger partial charge on any atom is -0.508 e. The first-order valence-corrected chi connectivity index (χ1v) is 7.44. The molecule has 0 fully saturated rings. The molecule has 2 N–H and O–H groups in total. The molecule has 0 aliphatic heterocycles. The SMILES string of the molecule is CCOC(=O)c1ccc(CNCCc2ccccc2O)cc1. The van der Waals surface area contributed by atoms with Crippen molar-refractivity contribution in [3.05, 3.63) is 65.2 Å². The van der Waals surface area contributed by atoms with E-state index in [4.69, 9.17) is 4.74 Å². The average Bonchev–Trinajstić information content (AvgIpc) is 2.54. The van der Waals surface area contributed by atoms with Gasteiger partial charge in [-0.1, -0.05) is 30.3 Å². The largest absolute Gasteiger partial charge is 0.508 e. The zero-order valence-corrected chi connectivity index (χ0v) is 12.7. The number of hydrogen-bond acceptors (Lipinski definition) is 4. The number of ether oxygens (including phenoxy) is 1. The van der Waals surface area contributed by atoms with Crippen LogP contribution in [0.3, 0.4) is 0 Å². The lowest BCUT2D eigenvalue weighted by Crippen LogP contribution is -2.16. The van der Waals surface area contributed by atoms with E-state index in [1.807, 2.05) is 30.3 Å². The number of carbonyl (C=O) groups is 1. The van der Waals surface area contributed by atoms with Crippen LogP contribution in [0.1, 0.15) is 28.4 Å². The molecule has 0 radical (unpaired) electrons. The minimum atomic E-state index is -0.290. The Labute approximate surface area is 130 Å². The van der Waals surface area contributed by atoms with Crippen LogP contribution in [0.2, 0.25) is 0 Å². The Morgan fingerprint density at radius 3 is 2.55 bits per heavy atom. The van der Waals surface area contributed by atoms with Gasteiger partial charge in [0.05, 0.1) is 12.2 Å². The molecule has 0 aromatic heterocycles. The molecule has 22 heavy (non-hydrogen) atoms. The summed E-state index contributed by atoms with van der Waals surface area (Å²) in [5.41, 5.74) is 2.61. The van der Waals surface area contributed by atoms with Crippen molar-refractivity contribution in [1.82, 2.24) is 5.32 Å². The van der Waals surface area contributed by atoms with Gasteiger partial charge >= 0.3 is 5.97 Å². The Bertz CT molecular complexity index is 608. The fraction of sp³-hybridized carbons (Fsp3) is 0.278. The summed E-state index contributed by atoms with van der Waals surface area (Å²) >= 11 is 0. The molecule has 116 valence electrons. The zero-order valence-electron chi connectivity index (χ0n) is 12.7. The number of para-hydroxylation sites is 1. The minimum absolute atomic E-state index is 0.290. The van der Waals surface area contributed by atoms with E-state index in [0.717, 1.165) is 30.6 Å². The van der Waals surface area contributed by atoms with Crippen LogP contribution in [0.25, 0.3) is 0 Å². The van der Waals surface area contributed by atoms with Crippen LogP contribution in [0.5, 0.6) is 5.75 Å². The summed E-state index contributed by atoms with van der Waals surface area (Å²) in [4.78, 5) is 11.5. The van der Waals surface area contributed by atoms with E-state index >= 15 is 0 Å². The second-order valence-electron chi connectivity index (χ2n) is 4.97. The molecular formula is C18H21NO3. The van der Waals surface area contributed by atoms with Crippen LogP contribution in [0, 0.1) is 0 Å². The Balaban J connectivity index is 1.78. The molecule has 0 saturated heterocycles. The lowest BCUT2D eigenvalue weighted by molar-refractivity contribution is 0.0526. The molecule has 4 heteroatoms. The van der Waals surface area contributed by atoms with Crippen molar-refractivity contribution in [2.45, 2.75) is 19.9 Å². The van der Waals surface area contributed by atoms with Gasteiger partial charge in [0.2, 0.25) is 0 Å². The smallest absolute Gasteiger partial charge is 0.338 e. The van der Waals surface area contributed by atoms with Crippen molar-refractivity contribution in [2.75, 3.05) is 13.2 Å². The van der Waals surface area contributed by atoms with Crippen LogP contribution in [-0.4, -0.2) is 24.2 Å².